The van der Waals surface area contributed by atoms with Gasteiger partial charge in [-0.1, -0.05) is 41.4 Å². The number of halogens is 1. The zero-order valence-electron chi connectivity index (χ0n) is 13.5. The third-order valence-electron chi connectivity index (χ3n) is 3.28. The van der Waals surface area contributed by atoms with Crippen LogP contribution in [0.15, 0.2) is 48.5 Å². The molecular formula is C19H18ClNO3. The molecule has 1 amide bonds. The quantitative estimate of drug-likeness (QED) is 0.655. The highest BCUT2D eigenvalue weighted by molar-refractivity contribution is 6.30. The highest BCUT2D eigenvalue weighted by Crippen LogP contribution is 2.15. The van der Waals surface area contributed by atoms with Gasteiger partial charge in [-0.25, -0.2) is 4.79 Å². The van der Waals surface area contributed by atoms with Crippen molar-refractivity contribution in [3.63, 3.8) is 0 Å². The fourth-order valence-electron chi connectivity index (χ4n) is 2.06. The molecule has 0 spiro atoms. The van der Waals surface area contributed by atoms with Crippen LogP contribution in [0, 0.1) is 13.8 Å². The summed E-state index contributed by atoms with van der Waals surface area (Å²) in [5, 5.41) is 3.34. The van der Waals surface area contributed by atoms with Crippen LogP contribution in [0.2, 0.25) is 5.02 Å². The molecule has 0 saturated carbocycles. The Bertz CT molecular complexity index is 767. The van der Waals surface area contributed by atoms with E-state index >= 15 is 0 Å². The van der Waals surface area contributed by atoms with Gasteiger partial charge in [0.2, 0.25) is 0 Å². The van der Waals surface area contributed by atoms with Crippen molar-refractivity contribution in [1.29, 1.82) is 0 Å². The minimum absolute atomic E-state index is 0.336. The molecule has 0 unspecified atom stereocenters. The van der Waals surface area contributed by atoms with Gasteiger partial charge in [0.25, 0.3) is 5.91 Å². The Labute approximate surface area is 146 Å². The maximum atomic E-state index is 11.8. The van der Waals surface area contributed by atoms with Gasteiger partial charge in [0.05, 0.1) is 0 Å². The highest BCUT2D eigenvalue weighted by Gasteiger charge is 2.07. The second-order valence-corrected chi connectivity index (χ2v) is 5.80. The van der Waals surface area contributed by atoms with Crippen molar-refractivity contribution < 1.29 is 14.3 Å². The Morgan fingerprint density at radius 2 is 1.83 bits per heavy atom. The van der Waals surface area contributed by atoms with Gasteiger partial charge in [-0.3, -0.25) is 4.79 Å². The molecule has 1 N–H and O–H groups in total. The summed E-state index contributed by atoms with van der Waals surface area (Å²) in [6.45, 7) is 3.55. The zero-order valence-corrected chi connectivity index (χ0v) is 14.3. The number of amides is 1. The van der Waals surface area contributed by atoms with Gasteiger partial charge in [-0.15, -0.1) is 0 Å². The van der Waals surface area contributed by atoms with E-state index in [1.165, 1.54) is 6.08 Å². The van der Waals surface area contributed by atoms with E-state index in [0.29, 0.717) is 10.7 Å². The van der Waals surface area contributed by atoms with Crippen LogP contribution in [0.4, 0.5) is 5.69 Å². The predicted molar refractivity (Wildman–Crippen MR) is 96.0 cm³/mol. The molecular weight excluding hydrogens is 326 g/mol. The number of anilines is 1. The number of aryl methyl sites for hydroxylation is 2. The first-order valence-electron chi connectivity index (χ1n) is 7.41. The number of hydrogen-bond donors (Lipinski definition) is 1. The van der Waals surface area contributed by atoms with Gasteiger partial charge in [0, 0.05) is 16.8 Å². The number of esters is 1. The fraction of sp³-hybridized carbons (Fsp3) is 0.158. The van der Waals surface area contributed by atoms with Gasteiger partial charge >= 0.3 is 5.97 Å². The summed E-state index contributed by atoms with van der Waals surface area (Å²) in [6.07, 6.45) is 2.87. The van der Waals surface area contributed by atoms with Crippen LogP contribution >= 0.6 is 11.6 Å². The second kappa shape index (κ2) is 8.31. The summed E-state index contributed by atoms with van der Waals surface area (Å²) in [7, 11) is 0. The van der Waals surface area contributed by atoms with Crippen molar-refractivity contribution in [1.82, 2.24) is 0 Å². The molecule has 24 heavy (non-hydrogen) atoms. The lowest BCUT2D eigenvalue weighted by atomic mass is 10.1. The Morgan fingerprint density at radius 3 is 2.50 bits per heavy atom. The second-order valence-electron chi connectivity index (χ2n) is 5.36. The van der Waals surface area contributed by atoms with Crippen molar-refractivity contribution in [2.45, 2.75) is 13.8 Å². The summed E-state index contributed by atoms with van der Waals surface area (Å²) < 4.78 is 4.92. The summed E-state index contributed by atoms with van der Waals surface area (Å²) >= 11 is 5.78. The van der Waals surface area contributed by atoms with Gasteiger partial charge in [-0.2, -0.15) is 0 Å². The van der Waals surface area contributed by atoms with Crippen LogP contribution < -0.4 is 5.32 Å². The van der Waals surface area contributed by atoms with Crippen LogP contribution in [-0.4, -0.2) is 18.5 Å². The fourth-order valence-corrected chi connectivity index (χ4v) is 2.19. The molecule has 0 atom stereocenters. The maximum Gasteiger partial charge on any atom is 0.331 e. The molecule has 2 aromatic rings. The Hall–Kier alpha value is -2.59. The van der Waals surface area contributed by atoms with E-state index < -0.39 is 5.97 Å². The lowest BCUT2D eigenvalue weighted by molar-refractivity contribution is -0.142. The Balaban J connectivity index is 1.82. The van der Waals surface area contributed by atoms with Crippen molar-refractivity contribution >= 4 is 35.2 Å². The Kier molecular flexibility index (Phi) is 6.15. The SMILES string of the molecule is Cc1ccc(NC(=O)COC(=O)/C=C/c2ccc(Cl)cc2)c(C)c1. The molecule has 0 aliphatic heterocycles. The third-order valence-corrected chi connectivity index (χ3v) is 3.54. The lowest BCUT2D eigenvalue weighted by Crippen LogP contribution is -2.20. The number of hydrogen-bond acceptors (Lipinski definition) is 3. The summed E-state index contributed by atoms with van der Waals surface area (Å²) in [6, 6.07) is 12.7. The van der Waals surface area contributed by atoms with Crippen LogP contribution in [0.25, 0.3) is 6.08 Å². The largest absolute Gasteiger partial charge is 0.452 e. The van der Waals surface area contributed by atoms with Gasteiger partial charge in [-0.05, 0) is 49.2 Å². The average Bonchev–Trinajstić information content (AvgIpc) is 2.55. The molecule has 0 aromatic heterocycles. The van der Waals surface area contributed by atoms with Gasteiger partial charge < -0.3 is 10.1 Å². The van der Waals surface area contributed by atoms with E-state index in [4.69, 9.17) is 16.3 Å². The zero-order chi connectivity index (χ0) is 17.5. The molecule has 0 radical (unpaired) electrons. The molecule has 0 bridgehead atoms. The van der Waals surface area contributed by atoms with Crippen LogP contribution in [0.5, 0.6) is 0 Å². The van der Waals surface area contributed by atoms with Crippen molar-refractivity contribution in [3.05, 3.63) is 70.3 Å². The number of carbonyl (C=O) groups excluding carboxylic acids is 2. The first kappa shape index (κ1) is 17.8. The minimum atomic E-state index is -0.583. The van der Waals surface area contributed by atoms with Crippen molar-refractivity contribution in [3.8, 4) is 0 Å². The molecule has 2 rings (SSSR count). The average molecular weight is 344 g/mol. The van der Waals surface area contributed by atoms with E-state index in [2.05, 4.69) is 5.32 Å². The number of benzene rings is 2. The van der Waals surface area contributed by atoms with E-state index in [1.54, 1.807) is 30.3 Å². The highest BCUT2D eigenvalue weighted by atomic mass is 35.5. The third kappa shape index (κ3) is 5.56. The number of nitrogens with one attached hydrogen (secondary N) is 1. The van der Waals surface area contributed by atoms with Crippen LogP contribution in [0.1, 0.15) is 16.7 Å². The van der Waals surface area contributed by atoms with Crippen LogP contribution in [-0.2, 0) is 14.3 Å². The van der Waals surface area contributed by atoms with Crippen molar-refractivity contribution in [2.75, 3.05) is 11.9 Å². The topological polar surface area (TPSA) is 55.4 Å². The van der Waals surface area contributed by atoms with E-state index in [0.717, 1.165) is 16.7 Å². The number of carbonyl (C=O) groups is 2. The normalized spacial score (nSPS) is 10.6. The first-order chi connectivity index (χ1) is 11.4. The monoisotopic (exact) mass is 343 g/mol. The molecule has 0 aliphatic rings. The smallest absolute Gasteiger partial charge is 0.331 e. The molecule has 0 saturated heterocycles. The minimum Gasteiger partial charge on any atom is -0.452 e. The molecule has 124 valence electrons. The lowest BCUT2D eigenvalue weighted by Gasteiger charge is -2.09. The molecule has 4 nitrogen and oxygen atoms in total. The van der Waals surface area contributed by atoms with Crippen molar-refractivity contribution in [2.24, 2.45) is 0 Å². The summed E-state index contributed by atoms with van der Waals surface area (Å²) in [5.74, 6) is -0.962. The van der Waals surface area contributed by atoms with Gasteiger partial charge in [0.15, 0.2) is 6.61 Å². The summed E-state index contributed by atoms with van der Waals surface area (Å²) in [5.41, 5.74) is 3.59. The standard InChI is InChI=1S/C19H18ClNO3/c1-13-3-9-17(14(2)11-13)21-18(22)12-24-19(23)10-6-15-4-7-16(20)8-5-15/h3-11H,12H2,1-2H3,(H,21,22)/b10-6+. The predicted octanol–water partition coefficient (Wildman–Crippen LogP) is 4.15. The van der Waals surface area contributed by atoms with Crippen LogP contribution in [0.3, 0.4) is 0 Å². The molecule has 0 fully saturated rings. The molecule has 5 heteroatoms. The summed E-state index contributed by atoms with van der Waals surface area (Å²) in [4.78, 5) is 23.5. The van der Waals surface area contributed by atoms with E-state index in [1.807, 2.05) is 32.0 Å². The molecule has 0 aliphatic carbocycles. The number of rotatable bonds is 5. The number of ether oxygens (including phenoxy) is 1. The molecule has 0 heterocycles. The molecule has 2 aromatic carbocycles. The van der Waals surface area contributed by atoms with E-state index in [9.17, 15) is 9.59 Å². The maximum absolute atomic E-state index is 11.8. The van der Waals surface area contributed by atoms with Gasteiger partial charge in [0.1, 0.15) is 0 Å². The first-order valence-corrected chi connectivity index (χ1v) is 7.79. The Morgan fingerprint density at radius 1 is 1.12 bits per heavy atom. The van der Waals surface area contributed by atoms with E-state index in [-0.39, 0.29) is 12.5 Å².